The van der Waals surface area contributed by atoms with Gasteiger partial charge < -0.3 is 30.1 Å². The number of ether oxygens (including phenoxy) is 2. The fraction of sp³-hybridized carbons (Fsp3) is 0.370. The largest absolute Gasteiger partial charge is 0.489 e. The number of rotatable bonds is 9. The number of likely N-dealkylation sites (tertiary alicyclic amines) is 1. The van der Waals surface area contributed by atoms with Crippen LogP contribution >= 0.6 is 0 Å². The van der Waals surface area contributed by atoms with E-state index in [1.165, 1.54) is 12.1 Å². The van der Waals surface area contributed by atoms with Gasteiger partial charge in [0.05, 0.1) is 16.8 Å². The summed E-state index contributed by atoms with van der Waals surface area (Å²) in [6.45, 7) is 2.54. The van der Waals surface area contributed by atoms with Gasteiger partial charge >= 0.3 is 6.03 Å². The van der Waals surface area contributed by atoms with E-state index in [0.717, 1.165) is 38.8 Å². The van der Waals surface area contributed by atoms with Gasteiger partial charge in [-0.25, -0.2) is 9.18 Å². The zero-order valence-corrected chi connectivity index (χ0v) is 20.2. The number of β-amino-alcohol motifs (C(OH)–C–C–N with tert-alkyl or cyclic N) is 1. The molecule has 2 amide bonds. The van der Waals surface area contributed by atoms with E-state index in [4.69, 9.17) is 9.47 Å². The van der Waals surface area contributed by atoms with Crippen molar-refractivity contribution in [2.24, 2.45) is 0 Å². The second-order valence-corrected chi connectivity index (χ2v) is 9.38. The highest BCUT2D eigenvalue weighted by Crippen LogP contribution is 2.34. The zero-order chi connectivity index (χ0) is 25.8. The molecule has 5 rings (SSSR count). The Bertz CT molecular complexity index is 1330. The zero-order valence-electron chi connectivity index (χ0n) is 20.2. The van der Waals surface area contributed by atoms with Crippen molar-refractivity contribution >= 4 is 22.6 Å². The molecule has 0 spiro atoms. The van der Waals surface area contributed by atoms with E-state index in [2.05, 4.69) is 26.6 Å². The Morgan fingerprint density at radius 1 is 1.22 bits per heavy atom. The second kappa shape index (κ2) is 11.0. The molecule has 3 N–H and O–H groups in total. The second-order valence-electron chi connectivity index (χ2n) is 9.38. The Labute approximate surface area is 213 Å². The third kappa shape index (κ3) is 6.25. The molecule has 2 fully saturated rings. The maximum atomic E-state index is 14.6. The van der Waals surface area contributed by atoms with Gasteiger partial charge in [0.2, 0.25) is 0 Å². The molecule has 1 aliphatic heterocycles. The number of anilines is 1. The number of aromatic nitrogens is 1. The lowest BCUT2D eigenvalue weighted by Gasteiger charge is -2.20. The predicted octanol–water partition coefficient (Wildman–Crippen LogP) is 4.16. The first-order valence-electron chi connectivity index (χ1n) is 12.4. The number of nitrogens with zero attached hydrogens (tertiary/aromatic N) is 3. The number of aliphatic hydroxyl groups excluding tert-OH is 1. The number of aliphatic hydroxyl groups is 1. The Morgan fingerprint density at radius 2 is 2.03 bits per heavy atom. The highest BCUT2D eigenvalue weighted by Gasteiger charge is 2.23. The Kier molecular flexibility index (Phi) is 7.35. The van der Waals surface area contributed by atoms with Crippen molar-refractivity contribution < 1.29 is 23.8 Å². The molecule has 1 saturated heterocycles. The minimum Gasteiger partial charge on any atom is -0.489 e. The van der Waals surface area contributed by atoms with Crippen LogP contribution < -0.4 is 20.1 Å². The number of nitriles is 1. The minimum absolute atomic E-state index is 0.0468. The van der Waals surface area contributed by atoms with Crippen molar-refractivity contribution in [3.8, 4) is 23.3 Å². The molecule has 1 saturated carbocycles. The van der Waals surface area contributed by atoms with Crippen molar-refractivity contribution in [2.45, 2.75) is 37.8 Å². The van der Waals surface area contributed by atoms with Crippen LogP contribution in [0, 0.1) is 17.1 Å². The number of hydrogen-bond acceptors (Lipinski definition) is 7. The summed E-state index contributed by atoms with van der Waals surface area (Å²) in [5, 5.41) is 25.8. The van der Waals surface area contributed by atoms with Crippen molar-refractivity contribution in [3.05, 3.63) is 54.0 Å². The number of fused-ring (bicyclic) bond motifs is 1. The van der Waals surface area contributed by atoms with Crippen LogP contribution in [0.25, 0.3) is 10.9 Å². The predicted molar refractivity (Wildman–Crippen MR) is 135 cm³/mol. The molecule has 9 nitrogen and oxygen atoms in total. The molecule has 10 heteroatoms. The molecule has 2 heterocycles. The summed E-state index contributed by atoms with van der Waals surface area (Å²) in [6.07, 6.45) is 5.02. The van der Waals surface area contributed by atoms with Gasteiger partial charge in [0, 0.05) is 36.3 Å². The molecule has 192 valence electrons. The first-order valence-corrected chi connectivity index (χ1v) is 12.4. The fourth-order valence-corrected chi connectivity index (χ4v) is 4.31. The van der Waals surface area contributed by atoms with Gasteiger partial charge in [0.1, 0.15) is 41.8 Å². The van der Waals surface area contributed by atoms with E-state index >= 15 is 0 Å². The summed E-state index contributed by atoms with van der Waals surface area (Å²) in [5.74, 6) is 0.296. The van der Waals surface area contributed by atoms with Crippen molar-refractivity contribution in [1.82, 2.24) is 15.2 Å². The number of hydrogen-bond donors (Lipinski definition) is 3. The first kappa shape index (κ1) is 24.7. The van der Waals surface area contributed by atoms with Gasteiger partial charge in [-0.1, -0.05) is 0 Å². The molecule has 2 aromatic carbocycles. The average molecular weight is 506 g/mol. The van der Waals surface area contributed by atoms with Gasteiger partial charge in [-0.2, -0.15) is 5.26 Å². The minimum atomic E-state index is -0.671. The number of amides is 2. The molecule has 1 aromatic heterocycles. The fourth-order valence-electron chi connectivity index (χ4n) is 4.31. The molecular weight excluding hydrogens is 477 g/mol. The highest BCUT2D eigenvalue weighted by molar-refractivity contribution is 5.90. The average Bonchev–Trinajstić information content (AvgIpc) is 3.55. The molecule has 1 atom stereocenters. The van der Waals surface area contributed by atoms with E-state index in [1.807, 2.05) is 0 Å². The molecule has 2 aliphatic rings. The summed E-state index contributed by atoms with van der Waals surface area (Å²) >= 11 is 0. The molecule has 1 aliphatic carbocycles. The lowest BCUT2D eigenvalue weighted by molar-refractivity contribution is 0.0758. The third-order valence-electron chi connectivity index (χ3n) is 6.35. The Balaban J connectivity index is 1.29. The van der Waals surface area contributed by atoms with E-state index in [1.54, 1.807) is 30.5 Å². The molecule has 0 bridgehead atoms. The number of carbonyl (C=O) groups is 1. The SMILES string of the molecule is N#Cc1cc2c(Oc3ccc(NC(=O)NC4CC4)c(F)c3)ccnc2cc1OC[C@@H](O)CN1CCCC1. The molecule has 0 radical (unpaired) electrons. The molecule has 0 unspecified atom stereocenters. The maximum Gasteiger partial charge on any atom is 0.319 e. The van der Waals surface area contributed by atoms with E-state index in [9.17, 15) is 19.6 Å². The number of pyridine rings is 1. The quantitative estimate of drug-likeness (QED) is 0.400. The lowest BCUT2D eigenvalue weighted by Crippen LogP contribution is -2.33. The number of carbonyl (C=O) groups excluding carboxylic acids is 1. The Morgan fingerprint density at radius 3 is 2.76 bits per heavy atom. The summed E-state index contributed by atoms with van der Waals surface area (Å²) in [5.41, 5.74) is 0.840. The van der Waals surface area contributed by atoms with Crippen LogP contribution in [0.3, 0.4) is 0 Å². The van der Waals surface area contributed by atoms with Crippen molar-refractivity contribution in [2.75, 3.05) is 31.6 Å². The van der Waals surface area contributed by atoms with E-state index in [0.29, 0.717) is 28.9 Å². The monoisotopic (exact) mass is 505 g/mol. The van der Waals surface area contributed by atoms with Crippen LogP contribution in [0.5, 0.6) is 17.2 Å². The first-order chi connectivity index (χ1) is 18.0. The number of urea groups is 1. The smallest absolute Gasteiger partial charge is 0.319 e. The standard InChI is InChI=1S/C27H28FN5O4/c28-22-12-20(5-6-23(22)32-27(35)31-18-3-4-18)37-25-7-8-30-24-13-26(17(14-29)11-21(24)25)36-16-19(34)15-33-9-1-2-10-33/h5-8,11-13,18-19,34H,1-4,9-10,15-16H2,(H2,31,32,35)/t19-/m0/s1. The summed E-state index contributed by atoms with van der Waals surface area (Å²) < 4.78 is 26.3. The molecule has 3 aromatic rings. The van der Waals surface area contributed by atoms with Crippen molar-refractivity contribution in [3.63, 3.8) is 0 Å². The Hall–Kier alpha value is -3.94. The van der Waals surface area contributed by atoms with Gasteiger partial charge in [0.15, 0.2) is 0 Å². The van der Waals surface area contributed by atoms with E-state index < -0.39 is 18.0 Å². The van der Waals surface area contributed by atoms with Crippen LogP contribution in [-0.4, -0.2) is 59.4 Å². The van der Waals surface area contributed by atoms with Crippen LogP contribution in [-0.2, 0) is 0 Å². The maximum absolute atomic E-state index is 14.6. The van der Waals surface area contributed by atoms with Crippen LogP contribution in [0.1, 0.15) is 31.2 Å². The van der Waals surface area contributed by atoms with Crippen LogP contribution in [0.4, 0.5) is 14.9 Å². The van der Waals surface area contributed by atoms with Crippen LogP contribution in [0.2, 0.25) is 0 Å². The lowest BCUT2D eigenvalue weighted by atomic mass is 10.1. The summed E-state index contributed by atoms with van der Waals surface area (Å²) in [6, 6.07) is 10.9. The summed E-state index contributed by atoms with van der Waals surface area (Å²) in [4.78, 5) is 18.5. The number of nitrogens with one attached hydrogen (secondary N) is 2. The summed E-state index contributed by atoms with van der Waals surface area (Å²) in [7, 11) is 0. The van der Waals surface area contributed by atoms with Crippen LogP contribution in [0.15, 0.2) is 42.6 Å². The third-order valence-corrected chi connectivity index (χ3v) is 6.35. The van der Waals surface area contributed by atoms with Gasteiger partial charge in [0.25, 0.3) is 0 Å². The van der Waals surface area contributed by atoms with Gasteiger partial charge in [-0.3, -0.25) is 4.98 Å². The van der Waals surface area contributed by atoms with E-state index in [-0.39, 0.29) is 29.6 Å². The van der Waals surface area contributed by atoms with Gasteiger partial charge in [-0.05, 0) is 63.0 Å². The van der Waals surface area contributed by atoms with Gasteiger partial charge in [-0.15, -0.1) is 0 Å². The number of benzene rings is 2. The topological polar surface area (TPSA) is 120 Å². The normalized spacial score (nSPS) is 16.2. The van der Waals surface area contributed by atoms with Crippen molar-refractivity contribution in [1.29, 1.82) is 5.26 Å². The molecular formula is C27H28FN5O4. The molecule has 37 heavy (non-hydrogen) atoms. The highest BCUT2D eigenvalue weighted by atomic mass is 19.1. The number of halogens is 1.